The molecule has 0 saturated carbocycles. The molecule has 1 aromatic heterocycles. The number of para-hydroxylation sites is 1. The number of H-pyrrole nitrogens is 1. The fourth-order valence-corrected chi connectivity index (χ4v) is 4.43. The maximum Gasteiger partial charge on any atom is 0.255 e. The van der Waals surface area contributed by atoms with Crippen LogP contribution < -0.4 is 5.32 Å². The topological polar surface area (TPSA) is 81.3 Å². The molecule has 5 rings (SSSR count). The second-order valence-corrected chi connectivity index (χ2v) is 8.78. The van der Waals surface area contributed by atoms with Gasteiger partial charge < -0.3 is 15.1 Å². The Balaban J connectivity index is 1.16. The van der Waals surface area contributed by atoms with Crippen molar-refractivity contribution in [2.24, 2.45) is 0 Å². The summed E-state index contributed by atoms with van der Waals surface area (Å²) in [5, 5.41) is 11.8. The molecule has 1 aliphatic heterocycles. The fourth-order valence-electron chi connectivity index (χ4n) is 4.18. The number of aromatic amines is 1. The van der Waals surface area contributed by atoms with Crippen molar-refractivity contribution in [2.75, 3.05) is 31.5 Å². The van der Waals surface area contributed by atoms with Crippen molar-refractivity contribution in [3.05, 3.63) is 94.3 Å². The second kappa shape index (κ2) is 9.76. The van der Waals surface area contributed by atoms with Gasteiger partial charge in [0, 0.05) is 43.7 Å². The number of fused-ring (bicyclic) bond motifs is 1. The van der Waals surface area contributed by atoms with Gasteiger partial charge >= 0.3 is 0 Å². The predicted octanol–water partition coefficient (Wildman–Crippen LogP) is 4.57. The van der Waals surface area contributed by atoms with Crippen LogP contribution in [-0.2, 0) is 6.54 Å². The van der Waals surface area contributed by atoms with Crippen LogP contribution in [0.25, 0.3) is 10.9 Å². The molecule has 3 aromatic carbocycles. The van der Waals surface area contributed by atoms with Gasteiger partial charge in [-0.1, -0.05) is 35.9 Å². The average Bonchev–Trinajstić information content (AvgIpc) is 3.30. The third-order valence-electron chi connectivity index (χ3n) is 6.15. The quantitative estimate of drug-likeness (QED) is 0.428. The van der Waals surface area contributed by atoms with E-state index in [9.17, 15) is 14.0 Å². The molecule has 4 aromatic rings. The summed E-state index contributed by atoms with van der Waals surface area (Å²) in [4.78, 5) is 29.1. The molecule has 1 aliphatic rings. The lowest BCUT2D eigenvalue weighted by molar-refractivity contribution is 0.0535. The van der Waals surface area contributed by atoms with Crippen molar-refractivity contribution >= 4 is 40.1 Å². The summed E-state index contributed by atoms with van der Waals surface area (Å²) in [6, 6.07) is 19.1. The molecule has 0 unspecified atom stereocenters. The lowest BCUT2D eigenvalue weighted by Crippen LogP contribution is -2.50. The van der Waals surface area contributed by atoms with E-state index in [0.717, 1.165) is 28.4 Å². The van der Waals surface area contributed by atoms with E-state index in [1.807, 2.05) is 48.5 Å². The van der Waals surface area contributed by atoms with Gasteiger partial charge in [-0.2, -0.15) is 5.10 Å². The molecule has 1 fully saturated rings. The SMILES string of the molecule is O=C(c1ccc(CNc2n[nH]c3ccccc23)cc1)N1CCN(C(=O)c2ccc(F)cc2Cl)CC1. The number of hydrogen-bond acceptors (Lipinski definition) is 4. The molecular formula is C26H23ClFN5O2. The molecule has 2 heterocycles. The molecule has 0 bridgehead atoms. The Morgan fingerprint density at radius 2 is 1.63 bits per heavy atom. The highest BCUT2D eigenvalue weighted by molar-refractivity contribution is 6.33. The van der Waals surface area contributed by atoms with E-state index >= 15 is 0 Å². The summed E-state index contributed by atoms with van der Waals surface area (Å²) in [7, 11) is 0. The summed E-state index contributed by atoms with van der Waals surface area (Å²) in [6.45, 7) is 2.18. The van der Waals surface area contributed by atoms with Crippen LogP contribution in [0.2, 0.25) is 5.02 Å². The first kappa shape index (κ1) is 22.9. The van der Waals surface area contributed by atoms with Crippen LogP contribution >= 0.6 is 11.6 Å². The lowest BCUT2D eigenvalue weighted by Gasteiger charge is -2.35. The number of amides is 2. The standard InChI is InChI=1S/C26H23ClFN5O2/c27-22-15-19(28)9-10-20(22)26(35)33-13-11-32(12-14-33)25(34)18-7-5-17(6-8-18)16-29-24-21-3-1-2-4-23(21)30-31-24/h1-10,15H,11-14,16H2,(H2,29,30,31). The molecule has 178 valence electrons. The highest BCUT2D eigenvalue weighted by Gasteiger charge is 2.26. The van der Waals surface area contributed by atoms with Gasteiger partial charge in [0.1, 0.15) is 5.82 Å². The summed E-state index contributed by atoms with van der Waals surface area (Å²) < 4.78 is 13.3. The normalized spacial score (nSPS) is 13.8. The van der Waals surface area contributed by atoms with E-state index in [1.165, 1.54) is 12.1 Å². The number of carbonyl (C=O) groups is 2. The van der Waals surface area contributed by atoms with Gasteiger partial charge in [0.25, 0.3) is 11.8 Å². The van der Waals surface area contributed by atoms with Crippen LogP contribution in [-0.4, -0.2) is 58.0 Å². The first-order chi connectivity index (χ1) is 17.0. The summed E-state index contributed by atoms with van der Waals surface area (Å²) in [5.74, 6) is -0.0353. The Morgan fingerprint density at radius 1 is 0.943 bits per heavy atom. The first-order valence-corrected chi connectivity index (χ1v) is 11.7. The second-order valence-electron chi connectivity index (χ2n) is 8.38. The highest BCUT2D eigenvalue weighted by Crippen LogP contribution is 2.22. The number of nitrogens with one attached hydrogen (secondary N) is 2. The van der Waals surface area contributed by atoms with Gasteiger partial charge in [0.15, 0.2) is 5.82 Å². The molecule has 35 heavy (non-hydrogen) atoms. The number of aromatic nitrogens is 2. The Labute approximate surface area is 206 Å². The number of anilines is 1. The molecule has 0 radical (unpaired) electrons. The maximum absolute atomic E-state index is 13.3. The summed E-state index contributed by atoms with van der Waals surface area (Å²) in [6.07, 6.45) is 0. The van der Waals surface area contributed by atoms with E-state index in [-0.39, 0.29) is 22.4 Å². The van der Waals surface area contributed by atoms with E-state index in [1.54, 1.807) is 9.80 Å². The Bertz CT molecular complexity index is 1380. The fraction of sp³-hybridized carbons (Fsp3) is 0.192. The lowest BCUT2D eigenvalue weighted by atomic mass is 10.1. The van der Waals surface area contributed by atoms with E-state index < -0.39 is 5.82 Å². The number of hydrogen-bond donors (Lipinski definition) is 2. The zero-order valence-corrected chi connectivity index (χ0v) is 19.6. The van der Waals surface area contributed by atoms with Crippen molar-refractivity contribution in [3.8, 4) is 0 Å². The van der Waals surface area contributed by atoms with Gasteiger partial charge in [0.2, 0.25) is 0 Å². The molecule has 0 aliphatic carbocycles. The molecule has 2 N–H and O–H groups in total. The zero-order chi connectivity index (χ0) is 24.4. The van der Waals surface area contributed by atoms with E-state index in [0.29, 0.717) is 38.3 Å². The Hall–Kier alpha value is -3.91. The number of halogens is 2. The highest BCUT2D eigenvalue weighted by atomic mass is 35.5. The molecule has 9 heteroatoms. The minimum atomic E-state index is -0.488. The summed E-state index contributed by atoms with van der Waals surface area (Å²) >= 11 is 6.03. The Morgan fingerprint density at radius 3 is 2.34 bits per heavy atom. The monoisotopic (exact) mass is 491 g/mol. The Kier molecular flexibility index (Phi) is 6.37. The van der Waals surface area contributed by atoms with Crippen LogP contribution in [0.15, 0.2) is 66.7 Å². The van der Waals surface area contributed by atoms with Gasteiger partial charge in [-0.3, -0.25) is 14.7 Å². The number of piperazine rings is 1. The summed E-state index contributed by atoms with van der Waals surface area (Å²) in [5.41, 5.74) is 2.86. The number of nitrogens with zero attached hydrogens (tertiary/aromatic N) is 3. The van der Waals surface area contributed by atoms with Crippen molar-refractivity contribution in [1.82, 2.24) is 20.0 Å². The molecule has 2 amide bonds. The minimum Gasteiger partial charge on any atom is -0.364 e. The number of carbonyl (C=O) groups excluding carboxylic acids is 2. The minimum absolute atomic E-state index is 0.0743. The van der Waals surface area contributed by atoms with Gasteiger partial charge in [-0.25, -0.2) is 4.39 Å². The third kappa shape index (κ3) is 4.83. The molecule has 0 atom stereocenters. The van der Waals surface area contributed by atoms with E-state index in [2.05, 4.69) is 15.5 Å². The largest absolute Gasteiger partial charge is 0.364 e. The average molecular weight is 492 g/mol. The van der Waals surface area contributed by atoms with Gasteiger partial charge in [-0.05, 0) is 48.0 Å². The van der Waals surface area contributed by atoms with E-state index in [4.69, 9.17) is 11.6 Å². The molecular weight excluding hydrogens is 469 g/mol. The van der Waals surface area contributed by atoms with Crippen molar-refractivity contribution in [3.63, 3.8) is 0 Å². The van der Waals surface area contributed by atoms with Gasteiger partial charge in [-0.15, -0.1) is 0 Å². The maximum atomic E-state index is 13.3. The van der Waals surface area contributed by atoms with Gasteiger partial charge in [0.05, 0.1) is 16.1 Å². The van der Waals surface area contributed by atoms with Crippen molar-refractivity contribution in [1.29, 1.82) is 0 Å². The van der Waals surface area contributed by atoms with Crippen LogP contribution in [0.3, 0.4) is 0 Å². The number of rotatable bonds is 5. The van der Waals surface area contributed by atoms with Crippen molar-refractivity contribution < 1.29 is 14.0 Å². The first-order valence-electron chi connectivity index (χ1n) is 11.3. The van der Waals surface area contributed by atoms with Crippen LogP contribution in [0.4, 0.5) is 10.2 Å². The van der Waals surface area contributed by atoms with Crippen LogP contribution in [0, 0.1) is 5.82 Å². The third-order valence-corrected chi connectivity index (χ3v) is 6.46. The molecule has 1 saturated heterocycles. The number of benzene rings is 3. The zero-order valence-electron chi connectivity index (χ0n) is 18.8. The van der Waals surface area contributed by atoms with Crippen LogP contribution in [0.1, 0.15) is 26.3 Å². The molecule has 0 spiro atoms. The van der Waals surface area contributed by atoms with Crippen LogP contribution in [0.5, 0.6) is 0 Å². The smallest absolute Gasteiger partial charge is 0.255 e. The predicted molar refractivity (Wildman–Crippen MR) is 133 cm³/mol. The molecule has 7 nitrogen and oxygen atoms in total. The van der Waals surface area contributed by atoms with Crippen molar-refractivity contribution in [2.45, 2.75) is 6.54 Å².